The maximum Gasteiger partial charge on any atom is 0.0397 e. The number of pyridine rings is 1. The zero-order chi connectivity index (χ0) is 10.2. The van der Waals surface area contributed by atoms with E-state index in [0.717, 1.165) is 0 Å². The van der Waals surface area contributed by atoms with Crippen molar-refractivity contribution in [2.24, 2.45) is 0 Å². The van der Waals surface area contributed by atoms with Crippen LogP contribution < -0.4 is 4.90 Å². The van der Waals surface area contributed by atoms with Crippen molar-refractivity contribution >= 4 is 5.69 Å². The topological polar surface area (TPSA) is 16.1 Å². The monoisotopic (exact) mass is 192 g/mol. The van der Waals surface area contributed by atoms with Gasteiger partial charge < -0.3 is 4.90 Å². The third kappa shape index (κ3) is 3.02. The van der Waals surface area contributed by atoms with Crippen molar-refractivity contribution in [2.75, 3.05) is 18.0 Å². The molecule has 2 heteroatoms. The van der Waals surface area contributed by atoms with Gasteiger partial charge in [0.05, 0.1) is 0 Å². The van der Waals surface area contributed by atoms with Gasteiger partial charge in [-0.1, -0.05) is 13.8 Å². The highest BCUT2D eigenvalue weighted by atomic mass is 15.1. The number of rotatable bonds is 1. The summed E-state index contributed by atoms with van der Waals surface area (Å²) in [6.45, 7) is 6.42. The lowest BCUT2D eigenvalue weighted by Crippen LogP contribution is -2.29. The van der Waals surface area contributed by atoms with Crippen molar-refractivity contribution in [2.45, 2.75) is 33.1 Å². The first-order valence-electron chi connectivity index (χ1n) is 5.62. The molecule has 0 aromatic carbocycles. The Labute approximate surface area is 87.0 Å². The molecule has 0 radical (unpaired) electrons. The summed E-state index contributed by atoms with van der Waals surface area (Å²) in [6, 6.07) is 4.18. The minimum Gasteiger partial charge on any atom is -0.371 e. The van der Waals surface area contributed by atoms with Gasteiger partial charge in [0.1, 0.15) is 0 Å². The number of anilines is 1. The van der Waals surface area contributed by atoms with Gasteiger partial charge >= 0.3 is 0 Å². The molecule has 0 saturated carbocycles. The summed E-state index contributed by atoms with van der Waals surface area (Å²) < 4.78 is 0. The molecule has 2 heterocycles. The molecule has 1 fully saturated rings. The zero-order valence-electron chi connectivity index (χ0n) is 9.24. The highest BCUT2D eigenvalue weighted by Gasteiger charge is 2.09. The Morgan fingerprint density at radius 1 is 1.00 bits per heavy atom. The Balaban J connectivity index is 0.000000461. The zero-order valence-corrected chi connectivity index (χ0v) is 9.24. The van der Waals surface area contributed by atoms with Gasteiger partial charge in [0, 0.05) is 31.2 Å². The molecule has 1 saturated heterocycles. The van der Waals surface area contributed by atoms with E-state index in [4.69, 9.17) is 0 Å². The van der Waals surface area contributed by atoms with Crippen LogP contribution in [0, 0.1) is 0 Å². The van der Waals surface area contributed by atoms with Crippen LogP contribution in [0.3, 0.4) is 0 Å². The molecule has 2 nitrogen and oxygen atoms in total. The molecular formula is C12H20N2. The van der Waals surface area contributed by atoms with Gasteiger partial charge in [-0.05, 0) is 31.4 Å². The number of nitrogens with zero attached hydrogens (tertiary/aromatic N) is 2. The average Bonchev–Trinajstić information content (AvgIpc) is 2.34. The van der Waals surface area contributed by atoms with E-state index in [1.165, 1.54) is 38.0 Å². The van der Waals surface area contributed by atoms with Crippen LogP contribution >= 0.6 is 0 Å². The molecule has 2 rings (SSSR count). The Bertz CT molecular complexity index is 227. The second-order valence-corrected chi connectivity index (χ2v) is 3.25. The molecule has 0 bridgehead atoms. The quantitative estimate of drug-likeness (QED) is 0.679. The third-order valence-electron chi connectivity index (χ3n) is 2.38. The van der Waals surface area contributed by atoms with Gasteiger partial charge in [-0.2, -0.15) is 0 Å². The van der Waals surface area contributed by atoms with E-state index < -0.39 is 0 Å². The van der Waals surface area contributed by atoms with Crippen molar-refractivity contribution in [3.8, 4) is 0 Å². The molecule has 78 valence electrons. The van der Waals surface area contributed by atoms with Crippen LogP contribution in [-0.2, 0) is 0 Å². The standard InChI is InChI=1S/C10H14N2.C2H6/c1-2-8-12(9-3-1)10-4-6-11-7-5-10;1-2/h4-7H,1-3,8-9H2;1-2H3. The van der Waals surface area contributed by atoms with Crippen molar-refractivity contribution in [1.82, 2.24) is 4.98 Å². The van der Waals surface area contributed by atoms with Crippen LogP contribution in [0.1, 0.15) is 33.1 Å². The summed E-state index contributed by atoms with van der Waals surface area (Å²) in [5.41, 5.74) is 1.32. The van der Waals surface area contributed by atoms with Crippen LogP contribution in [0.25, 0.3) is 0 Å². The van der Waals surface area contributed by atoms with E-state index in [-0.39, 0.29) is 0 Å². The van der Waals surface area contributed by atoms with Gasteiger partial charge in [0.2, 0.25) is 0 Å². The van der Waals surface area contributed by atoms with E-state index in [2.05, 4.69) is 22.0 Å². The van der Waals surface area contributed by atoms with Crippen molar-refractivity contribution in [3.05, 3.63) is 24.5 Å². The Morgan fingerprint density at radius 2 is 1.57 bits per heavy atom. The van der Waals surface area contributed by atoms with Gasteiger partial charge in [0.15, 0.2) is 0 Å². The van der Waals surface area contributed by atoms with E-state index in [1.807, 2.05) is 26.2 Å². The highest BCUT2D eigenvalue weighted by molar-refractivity contribution is 5.44. The predicted octanol–water partition coefficient (Wildman–Crippen LogP) is 3.10. The van der Waals surface area contributed by atoms with Gasteiger partial charge in [-0.25, -0.2) is 0 Å². The lowest BCUT2D eigenvalue weighted by Gasteiger charge is -2.28. The summed E-state index contributed by atoms with van der Waals surface area (Å²) in [5.74, 6) is 0. The minimum atomic E-state index is 1.21. The fourth-order valence-corrected chi connectivity index (χ4v) is 1.71. The summed E-state index contributed by atoms with van der Waals surface area (Å²) >= 11 is 0. The van der Waals surface area contributed by atoms with E-state index in [0.29, 0.717) is 0 Å². The lowest BCUT2D eigenvalue weighted by atomic mass is 10.1. The predicted molar refractivity (Wildman–Crippen MR) is 61.6 cm³/mol. The fourth-order valence-electron chi connectivity index (χ4n) is 1.71. The molecule has 0 amide bonds. The molecule has 1 aromatic rings. The molecule has 0 aliphatic carbocycles. The van der Waals surface area contributed by atoms with E-state index in [9.17, 15) is 0 Å². The normalized spacial score (nSPS) is 15.7. The minimum absolute atomic E-state index is 1.21. The highest BCUT2D eigenvalue weighted by Crippen LogP contribution is 2.17. The van der Waals surface area contributed by atoms with Gasteiger partial charge in [0.25, 0.3) is 0 Å². The Kier molecular flexibility index (Phi) is 5.05. The SMILES string of the molecule is CC.c1cc(N2CCCCC2)ccn1. The molecule has 0 atom stereocenters. The molecule has 1 aromatic heterocycles. The Hall–Kier alpha value is -1.05. The van der Waals surface area contributed by atoms with Gasteiger partial charge in [-0.3, -0.25) is 4.98 Å². The molecule has 0 unspecified atom stereocenters. The van der Waals surface area contributed by atoms with Crippen LogP contribution in [0.2, 0.25) is 0 Å². The first-order chi connectivity index (χ1) is 6.97. The molecule has 1 aliphatic heterocycles. The third-order valence-corrected chi connectivity index (χ3v) is 2.38. The summed E-state index contributed by atoms with van der Waals surface area (Å²) in [4.78, 5) is 6.45. The van der Waals surface area contributed by atoms with E-state index in [1.54, 1.807) is 0 Å². The van der Waals surface area contributed by atoms with Crippen LogP contribution in [-0.4, -0.2) is 18.1 Å². The van der Waals surface area contributed by atoms with Crippen LogP contribution in [0.5, 0.6) is 0 Å². The number of hydrogen-bond donors (Lipinski definition) is 0. The maximum atomic E-state index is 4.01. The Morgan fingerprint density at radius 3 is 2.14 bits per heavy atom. The van der Waals surface area contributed by atoms with E-state index >= 15 is 0 Å². The summed E-state index contributed by atoms with van der Waals surface area (Å²) in [7, 11) is 0. The van der Waals surface area contributed by atoms with Gasteiger partial charge in [-0.15, -0.1) is 0 Å². The molecule has 0 N–H and O–H groups in total. The van der Waals surface area contributed by atoms with Crippen LogP contribution in [0.4, 0.5) is 5.69 Å². The number of aromatic nitrogens is 1. The largest absolute Gasteiger partial charge is 0.371 e. The molecule has 1 aliphatic rings. The first-order valence-corrected chi connectivity index (χ1v) is 5.62. The number of hydrogen-bond acceptors (Lipinski definition) is 2. The summed E-state index contributed by atoms with van der Waals surface area (Å²) in [6.07, 6.45) is 7.79. The van der Waals surface area contributed by atoms with Crippen molar-refractivity contribution in [3.63, 3.8) is 0 Å². The second kappa shape index (κ2) is 6.41. The smallest absolute Gasteiger partial charge is 0.0397 e. The summed E-state index contributed by atoms with van der Waals surface area (Å²) in [5, 5.41) is 0. The van der Waals surface area contributed by atoms with Crippen LogP contribution in [0.15, 0.2) is 24.5 Å². The fraction of sp³-hybridized carbons (Fsp3) is 0.583. The number of piperidine rings is 1. The molecule has 14 heavy (non-hydrogen) atoms. The molecular weight excluding hydrogens is 172 g/mol. The van der Waals surface area contributed by atoms with Crippen molar-refractivity contribution < 1.29 is 0 Å². The molecule has 0 spiro atoms. The lowest BCUT2D eigenvalue weighted by molar-refractivity contribution is 0.577. The maximum absolute atomic E-state index is 4.01. The van der Waals surface area contributed by atoms with Crippen molar-refractivity contribution in [1.29, 1.82) is 0 Å². The second-order valence-electron chi connectivity index (χ2n) is 3.25. The average molecular weight is 192 g/mol. The first kappa shape index (κ1) is 11.0.